The number of aromatic nitrogens is 2. The summed E-state index contributed by atoms with van der Waals surface area (Å²) in [5, 5.41) is 4.61. The van der Waals surface area contributed by atoms with Crippen LogP contribution in [-0.2, 0) is 13.1 Å². The van der Waals surface area contributed by atoms with Crippen LogP contribution in [0.5, 0.6) is 0 Å². The lowest BCUT2D eigenvalue weighted by atomic mass is 10.0. The van der Waals surface area contributed by atoms with Crippen molar-refractivity contribution in [3.8, 4) is 0 Å². The minimum Gasteiger partial charge on any atom is -0.366 e. The SMILES string of the molecule is Cc1cc(C)n(C[C@H]2CCCCN2Cc2cccc(C(N)=O)c2)n1. The molecule has 0 saturated carbocycles. The lowest BCUT2D eigenvalue weighted by Crippen LogP contribution is -2.41. The van der Waals surface area contributed by atoms with Gasteiger partial charge in [0.1, 0.15) is 0 Å². The Labute approximate surface area is 143 Å². The van der Waals surface area contributed by atoms with Crippen molar-refractivity contribution in [2.24, 2.45) is 5.73 Å². The van der Waals surface area contributed by atoms with Crippen LogP contribution >= 0.6 is 0 Å². The van der Waals surface area contributed by atoms with Gasteiger partial charge < -0.3 is 5.73 Å². The molecule has 5 nitrogen and oxygen atoms in total. The Balaban J connectivity index is 1.73. The molecule has 2 aromatic rings. The average Bonchev–Trinajstić information content (AvgIpc) is 2.87. The molecule has 5 heteroatoms. The number of amides is 1. The summed E-state index contributed by atoms with van der Waals surface area (Å²) in [7, 11) is 0. The summed E-state index contributed by atoms with van der Waals surface area (Å²) in [5.74, 6) is -0.366. The molecule has 0 unspecified atom stereocenters. The van der Waals surface area contributed by atoms with Crippen molar-refractivity contribution >= 4 is 5.91 Å². The van der Waals surface area contributed by atoms with Crippen molar-refractivity contribution in [3.05, 3.63) is 52.8 Å². The van der Waals surface area contributed by atoms with Crippen LogP contribution in [0.1, 0.15) is 46.6 Å². The van der Waals surface area contributed by atoms with Crippen LogP contribution in [0.25, 0.3) is 0 Å². The highest BCUT2D eigenvalue weighted by Gasteiger charge is 2.23. The van der Waals surface area contributed by atoms with Gasteiger partial charge in [0.05, 0.1) is 12.2 Å². The molecule has 1 amide bonds. The number of nitrogens with zero attached hydrogens (tertiary/aromatic N) is 3. The summed E-state index contributed by atoms with van der Waals surface area (Å²) in [4.78, 5) is 13.9. The smallest absolute Gasteiger partial charge is 0.248 e. The van der Waals surface area contributed by atoms with Gasteiger partial charge in [0.2, 0.25) is 5.91 Å². The molecule has 1 aliphatic rings. The molecular weight excluding hydrogens is 300 g/mol. The zero-order chi connectivity index (χ0) is 17.1. The van der Waals surface area contributed by atoms with E-state index in [1.54, 1.807) is 6.07 Å². The van der Waals surface area contributed by atoms with Gasteiger partial charge in [-0.3, -0.25) is 14.4 Å². The van der Waals surface area contributed by atoms with Gasteiger partial charge in [0, 0.05) is 23.8 Å². The molecular formula is C19H26N4O. The van der Waals surface area contributed by atoms with Crippen molar-refractivity contribution in [1.82, 2.24) is 14.7 Å². The maximum absolute atomic E-state index is 11.4. The van der Waals surface area contributed by atoms with Crippen molar-refractivity contribution in [2.45, 2.75) is 52.2 Å². The van der Waals surface area contributed by atoms with Gasteiger partial charge in [-0.05, 0) is 57.0 Å². The first-order valence-electron chi connectivity index (χ1n) is 8.67. The molecule has 1 saturated heterocycles. The van der Waals surface area contributed by atoms with E-state index >= 15 is 0 Å². The highest BCUT2D eigenvalue weighted by molar-refractivity contribution is 5.92. The van der Waals surface area contributed by atoms with Crippen LogP contribution in [-0.4, -0.2) is 33.2 Å². The molecule has 1 aromatic carbocycles. The first-order chi connectivity index (χ1) is 11.5. The molecule has 0 radical (unpaired) electrons. The lowest BCUT2D eigenvalue weighted by molar-refractivity contribution is 0.0999. The molecule has 2 N–H and O–H groups in total. The predicted molar refractivity (Wildman–Crippen MR) is 94.7 cm³/mol. The third-order valence-corrected chi connectivity index (χ3v) is 4.83. The number of piperidine rings is 1. The first-order valence-corrected chi connectivity index (χ1v) is 8.67. The number of likely N-dealkylation sites (tertiary alicyclic amines) is 1. The van der Waals surface area contributed by atoms with Gasteiger partial charge in [0.15, 0.2) is 0 Å². The van der Waals surface area contributed by atoms with E-state index in [-0.39, 0.29) is 5.91 Å². The fourth-order valence-corrected chi connectivity index (χ4v) is 3.59. The number of carbonyl (C=O) groups is 1. The number of benzene rings is 1. The number of rotatable bonds is 5. The zero-order valence-electron chi connectivity index (χ0n) is 14.5. The van der Waals surface area contributed by atoms with Gasteiger partial charge in [0.25, 0.3) is 0 Å². The van der Waals surface area contributed by atoms with E-state index in [0.29, 0.717) is 11.6 Å². The Hall–Kier alpha value is -2.14. The molecule has 24 heavy (non-hydrogen) atoms. The third-order valence-electron chi connectivity index (χ3n) is 4.83. The molecule has 1 aliphatic heterocycles. The summed E-state index contributed by atoms with van der Waals surface area (Å²) in [6.45, 7) is 7.02. The molecule has 1 fully saturated rings. The van der Waals surface area contributed by atoms with Crippen molar-refractivity contribution in [2.75, 3.05) is 6.54 Å². The molecule has 2 heterocycles. The standard InChI is InChI=1S/C19H26N4O/c1-14-10-15(2)23(21-14)13-18-8-3-4-9-22(18)12-16-6-5-7-17(11-16)19(20)24/h5-7,10-11,18H,3-4,8-9,12-13H2,1-2H3,(H2,20,24)/t18-/m1/s1. The normalized spacial score (nSPS) is 18.7. The zero-order valence-corrected chi connectivity index (χ0v) is 14.5. The Morgan fingerprint density at radius 3 is 2.83 bits per heavy atom. The van der Waals surface area contributed by atoms with Gasteiger partial charge in [-0.15, -0.1) is 0 Å². The summed E-state index contributed by atoms with van der Waals surface area (Å²) < 4.78 is 2.12. The number of carbonyl (C=O) groups excluding carboxylic acids is 1. The first kappa shape index (κ1) is 16.7. The van der Waals surface area contributed by atoms with E-state index in [9.17, 15) is 4.79 Å². The maximum Gasteiger partial charge on any atom is 0.248 e. The number of hydrogen-bond donors (Lipinski definition) is 1. The summed E-state index contributed by atoms with van der Waals surface area (Å²) in [5.41, 5.74) is 9.42. The summed E-state index contributed by atoms with van der Waals surface area (Å²) in [6.07, 6.45) is 3.68. The Bertz CT molecular complexity index is 722. The van der Waals surface area contributed by atoms with Crippen molar-refractivity contribution in [3.63, 3.8) is 0 Å². The van der Waals surface area contributed by atoms with Crippen LogP contribution in [0, 0.1) is 13.8 Å². The Morgan fingerprint density at radius 1 is 1.29 bits per heavy atom. The molecule has 3 rings (SSSR count). The summed E-state index contributed by atoms with van der Waals surface area (Å²) in [6, 6.07) is 10.3. The second kappa shape index (κ2) is 7.18. The van der Waals surface area contributed by atoms with Crippen molar-refractivity contribution in [1.29, 1.82) is 0 Å². The number of nitrogens with two attached hydrogens (primary N) is 1. The Kier molecular flexibility index (Phi) is 5.00. The van der Waals surface area contributed by atoms with Gasteiger partial charge in [-0.1, -0.05) is 18.6 Å². The lowest BCUT2D eigenvalue weighted by Gasteiger charge is -2.36. The van der Waals surface area contributed by atoms with Crippen LogP contribution in [0.2, 0.25) is 0 Å². The van der Waals surface area contributed by atoms with E-state index < -0.39 is 0 Å². The molecule has 1 atom stereocenters. The fourth-order valence-electron chi connectivity index (χ4n) is 3.59. The molecule has 128 valence electrons. The van der Waals surface area contributed by atoms with E-state index in [1.807, 2.05) is 19.1 Å². The predicted octanol–water partition coefficient (Wildman–Crippen LogP) is 2.65. The largest absolute Gasteiger partial charge is 0.366 e. The molecule has 0 aliphatic carbocycles. The quantitative estimate of drug-likeness (QED) is 0.919. The summed E-state index contributed by atoms with van der Waals surface area (Å²) >= 11 is 0. The highest BCUT2D eigenvalue weighted by Crippen LogP contribution is 2.22. The number of hydrogen-bond acceptors (Lipinski definition) is 3. The number of aryl methyl sites for hydroxylation is 2. The number of primary amides is 1. The van der Waals surface area contributed by atoms with Crippen LogP contribution in [0.3, 0.4) is 0 Å². The van der Waals surface area contributed by atoms with Gasteiger partial charge in [-0.25, -0.2) is 0 Å². The van der Waals surface area contributed by atoms with Gasteiger partial charge >= 0.3 is 0 Å². The van der Waals surface area contributed by atoms with Crippen molar-refractivity contribution < 1.29 is 4.79 Å². The maximum atomic E-state index is 11.4. The topological polar surface area (TPSA) is 64.2 Å². The second-order valence-corrected chi connectivity index (χ2v) is 6.79. The van der Waals surface area contributed by atoms with E-state index in [2.05, 4.69) is 33.7 Å². The van der Waals surface area contributed by atoms with Gasteiger partial charge in [-0.2, -0.15) is 5.10 Å². The monoisotopic (exact) mass is 326 g/mol. The minimum atomic E-state index is -0.366. The van der Waals surface area contributed by atoms with E-state index in [4.69, 9.17) is 5.73 Å². The molecule has 0 bridgehead atoms. The third kappa shape index (κ3) is 3.85. The average molecular weight is 326 g/mol. The fraction of sp³-hybridized carbons (Fsp3) is 0.474. The van der Waals surface area contributed by atoms with Crippen LogP contribution in [0.15, 0.2) is 30.3 Å². The molecule has 1 aromatic heterocycles. The second-order valence-electron chi connectivity index (χ2n) is 6.79. The van der Waals surface area contributed by atoms with Crippen LogP contribution < -0.4 is 5.73 Å². The highest BCUT2D eigenvalue weighted by atomic mass is 16.1. The minimum absolute atomic E-state index is 0.366. The van der Waals surface area contributed by atoms with E-state index in [1.165, 1.54) is 25.0 Å². The Morgan fingerprint density at radius 2 is 2.12 bits per heavy atom. The molecule has 0 spiro atoms. The van der Waals surface area contributed by atoms with E-state index in [0.717, 1.165) is 30.9 Å². The van der Waals surface area contributed by atoms with Crippen LogP contribution in [0.4, 0.5) is 0 Å².